The molecule has 0 bridgehead atoms. The van der Waals surface area contributed by atoms with E-state index in [2.05, 4.69) is 10.3 Å². The van der Waals surface area contributed by atoms with Gasteiger partial charge in [0.15, 0.2) is 0 Å². The first-order chi connectivity index (χ1) is 9.90. The monoisotopic (exact) mass is 291 g/mol. The van der Waals surface area contributed by atoms with Crippen LogP contribution in [0.2, 0.25) is 0 Å². The lowest BCUT2D eigenvalue weighted by atomic mass is 9.84. The van der Waals surface area contributed by atoms with E-state index >= 15 is 0 Å². The number of carboxylic acids is 1. The van der Waals surface area contributed by atoms with Crippen molar-refractivity contribution in [3.05, 3.63) is 22.9 Å². The third kappa shape index (κ3) is 3.32. The summed E-state index contributed by atoms with van der Waals surface area (Å²) in [5.41, 5.74) is 7.29. The number of primary amides is 1. The van der Waals surface area contributed by atoms with Crippen molar-refractivity contribution in [2.45, 2.75) is 45.6 Å². The molecule has 0 aromatic carbocycles. The minimum Gasteiger partial charge on any atom is -0.481 e. The fourth-order valence-corrected chi connectivity index (χ4v) is 3.03. The van der Waals surface area contributed by atoms with Crippen LogP contribution in [0.1, 0.15) is 47.3 Å². The highest BCUT2D eigenvalue weighted by atomic mass is 16.4. The molecule has 1 saturated carbocycles. The van der Waals surface area contributed by atoms with Crippen molar-refractivity contribution in [2.75, 3.05) is 5.32 Å². The SMILES string of the molecule is Cc1cc(C)c(C(N)=O)c(NC2CCCCC2C(=O)O)n1. The van der Waals surface area contributed by atoms with Crippen LogP contribution < -0.4 is 11.1 Å². The van der Waals surface area contributed by atoms with Crippen LogP contribution in [-0.2, 0) is 4.79 Å². The first-order valence-electron chi connectivity index (χ1n) is 7.17. The van der Waals surface area contributed by atoms with E-state index in [9.17, 15) is 14.7 Å². The van der Waals surface area contributed by atoms with E-state index in [1.165, 1.54) is 0 Å². The molecule has 2 rings (SSSR count). The molecule has 1 aromatic rings. The molecule has 6 nitrogen and oxygen atoms in total. The number of aryl methyl sites for hydroxylation is 2. The van der Waals surface area contributed by atoms with Crippen molar-refractivity contribution in [2.24, 2.45) is 11.7 Å². The Morgan fingerprint density at radius 3 is 2.62 bits per heavy atom. The van der Waals surface area contributed by atoms with Crippen molar-refractivity contribution >= 4 is 17.7 Å². The summed E-state index contributed by atoms with van der Waals surface area (Å²) in [4.78, 5) is 27.3. The normalized spacial score (nSPS) is 21.8. The molecule has 6 heteroatoms. The summed E-state index contributed by atoms with van der Waals surface area (Å²) in [6.07, 6.45) is 3.28. The highest BCUT2D eigenvalue weighted by Crippen LogP contribution is 2.29. The van der Waals surface area contributed by atoms with Crippen molar-refractivity contribution in [1.82, 2.24) is 4.98 Å². The van der Waals surface area contributed by atoms with Crippen LogP contribution in [0.4, 0.5) is 5.82 Å². The van der Waals surface area contributed by atoms with Gasteiger partial charge in [0.1, 0.15) is 5.82 Å². The molecule has 4 N–H and O–H groups in total. The van der Waals surface area contributed by atoms with E-state index in [0.717, 1.165) is 30.5 Å². The lowest BCUT2D eigenvalue weighted by Crippen LogP contribution is -2.38. The molecule has 1 aliphatic rings. The fraction of sp³-hybridized carbons (Fsp3) is 0.533. The number of amides is 1. The minimum absolute atomic E-state index is 0.219. The van der Waals surface area contributed by atoms with Gasteiger partial charge in [-0.3, -0.25) is 9.59 Å². The molecule has 2 atom stereocenters. The molecular weight excluding hydrogens is 270 g/mol. The number of nitrogens with two attached hydrogens (primary N) is 1. The molecule has 0 aliphatic heterocycles. The number of aromatic nitrogens is 1. The number of hydrogen-bond acceptors (Lipinski definition) is 4. The largest absolute Gasteiger partial charge is 0.481 e. The first-order valence-corrected chi connectivity index (χ1v) is 7.17. The molecule has 1 aliphatic carbocycles. The third-order valence-corrected chi connectivity index (χ3v) is 4.00. The Bertz CT molecular complexity index is 572. The lowest BCUT2D eigenvalue weighted by molar-refractivity contribution is -0.143. The van der Waals surface area contributed by atoms with E-state index < -0.39 is 17.8 Å². The predicted octanol–water partition coefficient (Wildman–Crippen LogP) is 1.85. The zero-order valence-corrected chi connectivity index (χ0v) is 12.3. The van der Waals surface area contributed by atoms with Gasteiger partial charge in [-0.25, -0.2) is 4.98 Å². The topological polar surface area (TPSA) is 105 Å². The number of hydrogen-bond donors (Lipinski definition) is 3. The van der Waals surface area contributed by atoms with E-state index in [-0.39, 0.29) is 6.04 Å². The number of nitrogens with one attached hydrogen (secondary N) is 1. The standard InChI is InChI=1S/C15H21N3O3/c1-8-7-9(2)17-14(12(8)13(16)19)18-11-6-4-3-5-10(11)15(20)21/h7,10-11H,3-6H2,1-2H3,(H2,16,19)(H,17,18)(H,20,21). The second-order valence-electron chi connectivity index (χ2n) is 5.65. The molecule has 0 saturated heterocycles. The zero-order valence-electron chi connectivity index (χ0n) is 12.3. The van der Waals surface area contributed by atoms with Crippen molar-refractivity contribution in [1.29, 1.82) is 0 Å². The highest BCUT2D eigenvalue weighted by molar-refractivity contribution is 5.99. The van der Waals surface area contributed by atoms with Crippen molar-refractivity contribution in [3.8, 4) is 0 Å². The molecular formula is C15H21N3O3. The van der Waals surface area contributed by atoms with Crippen LogP contribution >= 0.6 is 0 Å². The molecule has 21 heavy (non-hydrogen) atoms. The summed E-state index contributed by atoms with van der Waals surface area (Å²) >= 11 is 0. The highest BCUT2D eigenvalue weighted by Gasteiger charge is 2.31. The number of carbonyl (C=O) groups excluding carboxylic acids is 1. The molecule has 2 unspecified atom stereocenters. The number of nitrogens with zero attached hydrogens (tertiary/aromatic N) is 1. The van der Waals surface area contributed by atoms with Gasteiger partial charge in [-0.05, 0) is 38.3 Å². The maximum atomic E-state index is 11.6. The van der Waals surface area contributed by atoms with Crippen LogP contribution in [0, 0.1) is 19.8 Å². The van der Waals surface area contributed by atoms with E-state index in [1.807, 2.05) is 6.92 Å². The summed E-state index contributed by atoms with van der Waals surface area (Å²) < 4.78 is 0. The van der Waals surface area contributed by atoms with Gasteiger partial charge < -0.3 is 16.2 Å². The average molecular weight is 291 g/mol. The van der Waals surface area contributed by atoms with Crippen molar-refractivity contribution in [3.63, 3.8) is 0 Å². The number of carboxylic acid groups (broad SMARTS) is 1. The Morgan fingerprint density at radius 2 is 2.00 bits per heavy atom. The number of pyridine rings is 1. The first kappa shape index (κ1) is 15.3. The molecule has 114 valence electrons. The molecule has 1 heterocycles. The summed E-state index contributed by atoms with van der Waals surface area (Å²) in [7, 11) is 0. The molecule has 1 fully saturated rings. The van der Waals surface area contributed by atoms with Gasteiger partial charge in [-0.15, -0.1) is 0 Å². The maximum Gasteiger partial charge on any atom is 0.308 e. The fourth-order valence-electron chi connectivity index (χ4n) is 3.03. The number of rotatable bonds is 4. The van der Waals surface area contributed by atoms with Crippen LogP contribution in [0.15, 0.2) is 6.07 Å². The van der Waals surface area contributed by atoms with Gasteiger partial charge in [0, 0.05) is 11.7 Å². The number of anilines is 1. The number of carbonyl (C=O) groups is 2. The minimum atomic E-state index is -0.808. The summed E-state index contributed by atoms with van der Waals surface area (Å²) in [5.74, 6) is -1.41. The Labute approximate surface area is 123 Å². The smallest absolute Gasteiger partial charge is 0.308 e. The molecule has 0 radical (unpaired) electrons. The van der Waals surface area contributed by atoms with Gasteiger partial charge in [-0.2, -0.15) is 0 Å². The van der Waals surface area contributed by atoms with Crippen LogP contribution in [-0.4, -0.2) is 28.0 Å². The van der Waals surface area contributed by atoms with E-state index in [0.29, 0.717) is 17.8 Å². The van der Waals surface area contributed by atoms with Gasteiger partial charge in [0.2, 0.25) is 0 Å². The Hall–Kier alpha value is -2.11. The Kier molecular flexibility index (Phi) is 4.45. The van der Waals surface area contributed by atoms with Gasteiger partial charge in [0.25, 0.3) is 5.91 Å². The lowest BCUT2D eigenvalue weighted by Gasteiger charge is -2.30. The second kappa shape index (κ2) is 6.11. The van der Waals surface area contributed by atoms with E-state index in [4.69, 9.17) is 5.73 Å². The van der Waals surface area contributed by atoms with Gasteiger partial charge in [-0.1, -0.05) is 12.8 Å². The quantitative estimate of drug-likeness (QED) is 0.785. The summed E-state index contributed by atoms with van der Waals surface area (Å²) in [6, 6.07) is 1.57. The average Bonchev–Trinajstić information content (AvgIpc) is 2.37. The zero-order chi connectivity index (χ0) is 15.6. The summed E-state index contributed by atoms with van der Waals surface area (Å²) in [6.45, 7) is 3.63. The Balaban J connectivity index is 2.33. The van der Waals surface area contributed by atoms with Gasteiger partial charge >= 0.3 is 5.97 Å². The maximum absolute atomic E-state index is 11.6. The van der Waals surface area contributed by atoms with Crippen LogP contribution in [0.3, 0.4) is 0 Å². The van der Waals surface area contributed by atoms with Gasteiger partial charge in [0.05, 0.1) is 11.5 Å². The number of aliphatic carboxylic acids is 1. The second-order valence-corrected chi connectivity index (χ2v) is 5.65. The molecule has 0 spiro atoms. The predicted molar refractivity (Wildman–Crippen MR) is 79.2 cm³/mol. The third-order valence-electron chi connectivity index (χ3n) is 4.00. The summed E-state index contributed by atoms with van der Waals surface area (Å²) in [5, 5.41) is 12.5. The van der Waals surface area contributed by atoms with E-state index in [1.54, 1.807) is 13.0 Å². The molecule has 1 aromatic heterocycles. The molecule has 1 amide bonds. The Morgan fingerprint density at radius 1 is 1.33 bits per heavy atom. The van der Waals surface area contributed by atoms with Crippen molar-refractivity contribution < 1.29 is 14.7 Å². The van der Waals surface area contributed by atoms with Crippen LogP contribution in [0.5, 0.6) is 0 Å². The van der Waals surface area contributed by atoms with Crippen LogP contribution in [0.25, 0.3) is 0 Å².